The Morgan fingerprint density at radius 1 is 1.00 bits per heavy atom. The highest BCUT2D eigenvalue weighted by Crippen LogP contribution is 2.23. The van der Waals surface area contributed by atoms with Crippen molar-refractivity contribution in [1.29, 1.82) is 0 Å². The summed E-state index contributed by atoms with van der Waals surface area (Å²) in [7, 11) is 0. The first kappa shape index (κ1) is 13.7. The number of rotatable bonds is 5. The van der Waals surface area contributed by atoms with Gasteiger partial charge >= 0.3 is 0 Å². The lowest BCUT2D eigenvalue weighted by Crippen LogP contribution is -2.05. The van der Waals surface area contributed by atoms with E-state index in [1.54, 1.807) is 0 Å². The summed E-state index contributed by atoms with van der Waals surface area (Å²) in [5, 5.41) is 0. The van der Waals surface area contributed by atoms with E-state index in [9.17, 15) is 0 Å². The molecule has 1 aromatic heterocycles. The van der Waals surface area contributed by atoms with Crippen LogP contribution in [-0.2, 0) is 19.4 Å². The normalized spacial score (nSPS) is 11.1. The molecule has 0 amide bonds. The fraction of sp³-hybridized carbons (Fsp3) is 0.278. The molecule has 0 aliphatic rings. The van der Waals surface area contributed by atoms with Crippen molar-refractivity contribution in [1.82, 2.24) is 9.55 Å². The second-order valence-corrected chi connectivity index (χ2v) is 5.38. The molecule has 2 aromatic carbocycles. The van der Waals surface area contributed by atoms with Gasteiger partial charge in [0.15, 0.2) is 0 Å². The number of aromatic nitrogens is 2. The van der Waals surface area contributed by atoms with E-state index in [0.29, 0.717) is 0 Å². The fourth-order valence-electron chi connectivity index (χ4n) is 2.78. The van der Waals surface area contributed by atoms with Crippen molar-refractivity contribution in [2.75, 3.05) is 5.73 Å². The molecule has 2 N–H and O–H groups in total. The lowest BCUT2D eigenvalue weighted by molar-refractivity contribution is 0.650. The molecule has 3 rings (SSSR count). The zero-order valence-corrected chi connectivity index (χ0v) is 12.4. The van der Waals surface area contributed by atoms with Gasteiger partial charge in [-0.15, -0.1) is 0 Å². The number of nitrogens with two attached hydrogens (primary N) is 1. The fourth-order valence-corrected chi connectivity index (χ4v) is 2.78. The summed E-state index contributed by atoms with van der Waals surface area (Å²) < 4.78 is 2.31. The third-order valence-electron chi connectivity index (χ3n) is 3.82. The molecule has 3 heteroatoms. The number of anilines is 1. The summed E-state index contributed by atoms with van der Waals surface area (Å²) in [5.41, 5.74) is 10.3. The van der Waals surface area contributed by atoms with Gasteiger partial charge in [0.25, 0.3) is 0 Å². The number of hydrogen-bond acceptors (Lipinski definition) is 2. The van der Waals surface area contributed by atoms with Gasteiger partial charge in [0, 0.05) is 13.0 Å². The Morgan fingerprint density at radius 3 is 2.57 bits per heavy atom. The van der Waals surface area contributed by atoms with Crippen LogP contribution in [-0.4, -0.2) is 9.55 Å². The van der Waals surface area contributed by atoms with Crippen LogP contribution in [0.4, 0.5) is 5.69 Å². The first-order valence-corrected chi connectivity index (χ1v) is 7.57. The predicted molar refractivity (Wildman–Crippen MR) is 88.3 cm³/mol. The summed E-state index contributed by atoms with van der Waals surface area (Å²) in [5.74, 6) is 1.13. The Labute approximate surface area is 125 Å². The molecule has 0 bridgehead atoms. The number of hydrogen-bond donors (Lipinski definition) is 1. The molecular weight excluding hydrogens is 258 g/mol. The first-order chi connectivity index (χ1) is 10.3. The van der Waals surface area contributed by atoms with E-state index in [0.717, 1.165) is 48.4 Å². The van der Waals surface area contributed by atoms with Crippen LogP contribution in [0.15, 0.2) is 48.5 Å². The average molecular weight is 279 g/mol. The van der Waals surface area contributed by atoms with Crippen LogP contribution in [0.3, 0.4) is 0 Å². The monoisotopic (exact) mass is 279 g/mol. The van der Waals surface area contributed by atoms with Gasteiger partial charge in [0.2, 0.25) is 0 Å². The smallest absolute Gasteiger partial charge is 0.112 e. The van der Waals surface area contributed by atoms with E-state index >= 15 is 0 Å². The van der Waals surface area contributed by atoms with Crippen LogP contribution >= 0.6 is 0 Å². The van der Waals surface area contributed by atoms with Gasteiger partial charge in [-0.25, -0.2) is 4.98 Å². The molecule has 0 aliphatic heterocycles. The van der Waals surface area contributed by atoms with Gasteiger partial charge in [-0.2, -0.15) is 0 Å². The van der Waals surface area contributed by atoms with Gasteiger partial charge in [-0.1, -0.05) is 43.3 Å². The van der Waals surface area contributed by atoms with Gasteiger partial charge < -0.3 is 10.3 Å². The van der Waals surface area contributed by atoms with Crippen molar-refractivity contribution in [3.05, 3.63) is 59.9 Å². The first-order valence-electron chi connectivity index (χ1n) is 7.57. The summed E-state index contributed by atoms with van der Waals surface area (Å²) in [6.07, 6.45) is 3.05. The highest BCUT2D eigenvalue weighted by molar-refractivity contribution is 5.87. The van der Waals surface area contributed by atoms with Crippen molar-refractivity contribution in [2.24, 2.45) is 0 Å². The van der Waals surface area contributed by atoms with Crippen LogP contribution < -0.4 is 5.73 Å². The standard InChI is InChI=1S/C18H21N3/c1-2-13-21-16-10-6-9-15(19)18(16)20-17(21)12-11-14-7-4-3-5-8-14/h3-10H,2,11-13,19H2,1H3. The van der Waals surface area contributed by atoms with E-state index in [1.807, 2.05) is 12.1 Å². The van der Waals surface area contributed by atoms with E-state index in [-0.39, 0.29) is 0 Å². The Kier molecular flexibility index (Phi) is 3.91. The van der Waals surface area contributed by atoms with E-state index in [4.69, 9.17) is 10.7 Å². The minimum atomic E-state index is 0.767. The van der Waals surface area contributed by atoms with Crippen molar-refractivity contribution < 1.29 is 0 Å². The zero-order chi connectivity index (χ0) is 14.7. The van der Waals surface area contributed by atoms with E-state index < -0.39 is 0 Å². The number of nitrogen functional groups attached to an aromatic ring is 1. The van der Waals surface area contributed by atoms with Gasteiger partial charge in [0.1, 0.15) is 11.3 Å². The number of nitrogens with zero attached hydrogens (tertiary/aromatic N) is 2. The SMILES string of the molecule is CCCn1c(CCc2ccccc2)nc2c(N)cccc21. The molecule has 3 nitrogen and oxygen atoms in total. The lowest BCUT2D eigenvalue weighted by Gasteiger charge is -2.07. The minimum absolute atomic E-state index is 0.767. The van der Waals surface area contributed by atoms with Gasteiger partial charge in [-0.05, 0) is 30.5 Å². The van der Waals surface area contributed by atoms with Crippen molar-refractivity contribution in [3.8, 4) is 0 Å². The molecule has 21 heavy (non-hydrogen) atoms. The number of para-hydroxylation sites is 1. The van der Waals surface area contributed by atoms with E-state index in [1.165, 1.54) is 5.56 Å². The molecule has 0 unspecified atom stereocenters. The molecule has 0 atom stereocenters. The largest absolute Gasteiger partial charge is 0.397 e. The maximum absolute atomic E-state index is 6.07. The summed E-state index contributed by atoms with van der Waals surface area (Å²) in [4.78, 5) is 4.78. The maximum atomic E-state index is 6.07. The molecule has 0 saturated carbocycles. The number of aryl methyl sites for hydroxylation is 3. The maximum Gasteiger partial charge on any atom is 0.112 e. The van der Waals surface area contributed by atoms with Gasteiger partial charge in [0.05, 0.1) is 11.2 Å². The molecule has 0 radical (unpaired) electrons. The second-order valence-electron chi connectivity index (χ2n) is 5.38. The van der Waals surface area contributed by atoms with Crippen molar-refractivity contribution in [3.63, 3.8) is 0 Å². The zero-order valence-electron chi connectivity index (χ0n) is 12.4. The van der Waals surface area contributed by atoms with Crippen LogP contribution in [0.2, 0.25) is 0 Å². The topological polar surface area (TPSA) is 43.8 Å². The van der Waals surface area contributed by atoms with Crippen LogP contribution in [0.25, 0.3) is 11.0 Å². The molecule has 0 aliphatic carbocycles. The Balaban J connectivity index is 1.93. The molecule has 1 heterocycles. The van der Waals surface area contributed by atoms with Crippen molar-refractivity contribution >= 4 is 16.7 Å². The summed E-state index contributed by atoms with van der Waals surface area (Å²) >= 11 is 0. The average Bonchev–Trinajstić information content (AvgIpc) is 2.86. The quantitative estimate of drug-likeness (QED) is 0.722. The number of fused-ring (bicyclic) bond motifs is 1. The van der Waals surface area contributed by atoms with Crippen molar-refractivity contribution in [2.45, 2.75) is 32.7 Å². The summed E-state index contributed by atoms with van der Waals surface area (Å²) in [6.45, 7) is 3.18. The molecule has 0 fully saturated rings. The van der Waals surface area contributed by atoms with Crippen LogP contribution in [0.5, 0.6) is 0 Å². The Hall–Kier alpha value is -2.29. The molecular formula is C18H21N3. The van der Waals surface area contributed by atoms with E-state index in [2.05, 4.69) is 47.9 Å². The molecule has 3 aromatic rings. The number of benzene rings is 2. The Bertz CT molecular complexity index is 729. The third-order valence-corrected chi connectivity index (χ3v) is 3.82. The summed E-state index contributed by atoms with van der Waals surface area (Å²) in [6, 6.07) is 16.6. The van der Waals surface area contributed by atoms with Crippen LogP contribution in [0, 0.1) is 0 Å². The highest BCUT2D eigenvalue weighted by Gasteiger charge is 2.11. The van der Waals surface area contributed by atoms with Crippen LogP contribution in [0.1, 0.15) is 24.7 Å². The lowest BCUT2D eigenvalue weighted by atomic mass is 10.1. The third kappa shape index (κ3) is 2.77. The number of imidazole rings is 1. The highest BCUT2D eigenvalue weighted by atomic mass is 15.1. The molecule has 0 saturated heterocycles. The minimum Gasteiger partial charge on any atom is -0.397 e. The predicted octanol–water partition coefficient (Wildman–Crippen LogP) is 3.81. The molecule has 108 valence electrons. The Morgan fingerprint density at radius 2 is 1.81 bits per heavy atom. The molecule has 0 spiro atoms. The second kappa shape index (κ2) is 6.00. The van der Waals surface area contributed by atoms with Gasteiger partial charge in [-0.3, -0.25) is 0 Å².